The number of methoxy groups -OCH3 is 1. The van der Waals surface area contributed by atoms with Gasteiger partial charge in [0.1, 0.15) is 11.6 Å². The Morgan fingerprint density at radius 2 is 1.83 bits per heavy atom. The van der Waals surface area contributed by atoms with E-state index in [0.717, 1.165) is 34.6 Å². The number of fused-ring (bicyclic) bond motifs is 1. The molecule has 1 N–H and O–H groups in total. The number of amides is 1. The van der Waals surface area contributed by atoms with Crippen LogP contribution in [0.15, 0.2) is 48.5 Å². The number of H-pyrrole nitrogens is 1. The summed E-state index contributed by atoms with van der Waals surface area (Å²) in [6, 6.07) is 13.7. The van der Waals surface area contributed by atoms with Gasteiger partial charge < -0.3 is 9.64 Å². The number of aromatic nitrogens is 2. The zero-order valence-electron chi connectivity index (χ0n) is 16.8. The maximum Gasteiger partial charge on any atom is 0.275 e. The van der Waals surface area contributed by atoms with Crippen LogP contribution in [0.4, 0.5) is 4.39 Å². The van der Waals surface area contributed by atoms with Gasteiger partial charge in [0.2, 0.25) is 0 Å². The average molecular weight is 393 g/mol. The van der Waals surface area contributed by atoms with Crippen molar-refractivity contribution in [1.82, 2.24) is 15.1 Å². The summed E-state index contributed by atoms with van der Waals surface area (Å²) in [6.45, 7) is 4.69. The third-order valence-corrected chi connectivity index (χ3v) is 5.24. The molecule has 29 heavy (non-hydrogen) atoms. The van der Waals surface area contributed by atoms with Crippen LogP contribution in [0.25, 0.3) is 0 Å². The Morgan fingerprint density at radius 1 is 1.14 bits per heavy atom. The molecule has 1 atom stereocenters. The van der Waals surface area contributed by atoms with E-state index < -0.39 is 0 Å². The van der Waals surface area contributed by atoms with Crippen LogP contribution in [-0.4, -0.2) is 28.1 Å². The molecule has 0 spiro atoms. The number of carbonyl (C=O) groups excluding carboxylic acids is 1. The Balaban J connectivity index is 1.75. The topological polar surface area (TPSA) is 58.2 Å². The molecule has 0 fully saturated rings. The molecule has 1 amide bonds. The maximum absolute atomic E-state index is 13.5. The molecule has 0 bridgehead atoms. The van der Waals surface area contributed by atoms with Crippen LogP contribution in [0.1, 0.15) is 52.8 Å². The predicted molar refractivity (Wildman–Crippen MR) is 108 cm³/mol. The lowest BCUT2D eigenvalue weighted by atomic mass is 9.95. The number of ether oxygens (including phenoxy) is 1. The number of aromatic amines is 1. The summed E-state index contributed by atoms with van der Waals surface area (Å²) in [5.41, 5.74) is 4.20. The Labute approximate surface area is 169 Å². The van der Waals surface area contributed by atoms with E-state index in [-0.39, 0.29) is 17.8 Å². The molecule has 2 heterocycles. The molecule has 3 aromatic rings. The number of rotatable bonds is 6. The highest BCUT2D eigenvalue weighted by molar-refractivity contribution is 5.98. The Bertz CT molecular complexity index is 1010. The molecule has 0 aliphatic carbocycles. The second-order valence-electron chi connectivity index (χ2n) is 7.80. The van der Waals surface area contributed by atoms with Gasteiger partial charge in [-0.25, -0.2) is 4.39 Å². The van der Waals surface area contributed by atoms with Gasteiger partial charge in [0.15, 0.2) is 5.69 Å². The van der Waals surface area contributed by atoms with E-state index in [2.05, 4.69) is 24.0 Å². The first-order valence-corrected chi connectivity index (χ1v) is 9.74. The van der Waals surface area contributed by atoms with E-state index in [1.54, 1.807) is 19.2 Å². The normalized spacial score (nSPS) is 15.8. The summed E-state index contributed by atoms with van der Waals surface area (Å²) in [6.07, 6.45) is 0.795. The predicted octanol–water partition coefficient (Wildman–Crippen LogP) is 4.50. The summed E-state index contributed by atoms with van der Waals surface area (Å²) in [5, 5.41) is 7.39. The standard InChI is InChI=1S/C23H24FN3O2/c1-14(2)12-19-20-21(26-25-19)23(28)27(13-15-4-10-18(29-3)11-5-15)22(20)16-6-8-17(24)9-7-16/h4-11,14,22H,12-13H2,1-3H3,(H,25,26). The minimum absolute atomic E-state index is 0.114. The van der Waals surface area contributed by atoms with Crippen LogP contribution in [0.2, 0.25) is 0 Å². The van der Waals surface area contributed by atoms with Crippen LogP contribution in [0, 0.1) is 11.7 Å². The molecule has 0 saturated heterocycles. The van der Waals surface area contributed by atoms with E-state index in [1.165, 1.54) is 12.1 Å². The van der Waals surface area contributed by atoms with Crippen molar-refractivity contribution >= 4 is 5.91 Å². The fourth-order valence-corrected chi connectivity index (χ4v) is 3.90. The second-order valence-corrected chi connectivity index (χ2v) is 7.80. The molecule has 5 nitrogen and oxygen atoms in total. The van der Waals surface area contributed by atoms with Crippen molar-refractivity contribution < 1.29 is 13.9 Å². The van der Waals surface area contributed by atoms with E-state index >= 15 is 0 Å². The van der Waals surface area contributed by atoms with Gasteiger partial charge in [-0.3, -0.25) is 9.89 Å². The fourth-order valence-electron chi connectivity index (χ4n) is 3.90. The first kappa shape index (κ1) is 19.2. The smallest absolute Gasteiger partial charge is 0.275 e. The lowest BCUT2D eigenvalue weighted by Crippen LogP contribution is -2.29. The van der Waals surface area contributed by atoms with E-state index in [0.29, 0.717) is 18.2 Å². The maximum atomic E-state index is 13.5. The molecule has 1 aromatic heterocycles. The highest BCUT2D eigenvalue weighted by Gasteiger charge is 2.42. The molecule has 1 aliphatic heterocycles. The van der Waals surface area contributed by atoms with E-state index in [9.17, 15) is 9.18 Å². The number of nitrogens with one attached hydrogen (secondary N) is 1. The molecule has 150 valence electrons. The number of hydrogen-bond donors (Lipinski definition) is 1. The Hall–Kier alpha value is -3.15. The third-order valence-electron chi connectivity index (χ3n) is 5.24. The summed E-state index contributed by atoms with van der Waals surface area (Å²) >= 11 is 0. The number of hydrogen-bond acceptors (Lipinski definition) is 3. The number of nitrogens with zero attached hydrogens (tertiary/aromatic N) is 2. The van der Waals surface area contributed by atoms with Crippen molar-refractivity contribution in [2.45, 2.75) is 32.9 Å². The van der Waals surface area contributed by atoms with Crippen molar-refractivity contribution in [1.29, 1.82) is 0 Å². The highest BCUT2D eigenvalue weighted by atomic mass is 19.1. The highest BCUT2D eigenvalue weighted by Crippen LogP contribution is 2.41. The molecule has 2 aromatic carbocycles. The first-order chi connectivity index (χ1) is 14.0. The van der Waals surface area contributed by atoms with Crippen molar-refractivity contribution in [3.05, 3.63) is 82.4 Å². The molecular formula is C23H24FN3O2. The van der Waals surface area contributed by atoms with Crippen molar-refractivity contribution in [2.24, 2.45) is 5.92 Å². The van der Waals surface area contributed by atoms with Gasteiger partial charge in [0.05, 0.1) is 13.2 Å². The van der Waals surface area contributed by atoms with Crippen LogP contribution in [-0.2, 0) is 13.0 Å². The van der Waals surface area contributed by atoms with Gasteiger partial charge in [-0.1, -0.05) is 38.1 Å². The minimum Gasteiger partial charge on any atom is -0.497 e. The molecular weight excluding hydrogens is 369 g/mol. The number of carbonyl (C=O) groups is 1. The third kappa shape index (κ3) is 3.62. The zero-order valence-corrected chi connectivity index (χ0v) is 16.8. The molecule has 1 aliphatic rings. The van der Waals surface area contributed by atoms with Crippen LogP contribution >= 0.6 is 0 Å². The minimum atomic E-state index is -0.298. The Morgan fingerprint density at radius 3 is 2.45 bits per heavy atom. The van der Waals surface area contributed by atoms with E-state index in [1.807, 2.05) is 29.2 Å². The van der Waals surface area contributed by atoms with Crippen molar-refractivity contribution in [3.8, 4) is 5.75 Å². The summed E-state index contributed by atoms with van der Waals surface area (Å²) in [5.74, 6) is 0.772. The molecule has 6 heteroatoms. The lowest BCUT2D eigenvalue weighted by molar-refractivity contribution is 0.0729. The van der Waals surface area contributed by atoms with Gasteiger partial charge in [-0.05, 0) is 47.7 Å². The van der Waals surface area contributed by atoms with Crippen molar-refractivity contribution in [3.63, 3.8) is 0 Å². The molecule has 0 radical (unpaired) electrons. The van der Waals surface area contributed by atoms with Crippen LogP contribution in [0.5, 0.6) is 5.75 Å². The molecule has 1 unspecified atom stereocenters. The lowest BCUT2D eigenvalue weighted by Gasteiger charge is -2.27. The van der Waals surface area contributed by atoms with Crippen LogP contribution in [0.3, 0.4) is 0 Å². The van der Waals surface area contributed by atoms with E-state index in [4.69, 9.17) is 4.74 Å². The van der Waals surface area contributed by atoms with Crippen molar-refractivity contribution in [2.75, 3.05) is 7.11 Å². The number of halogens is 1. The molecule has 0 saturated carbocycles. The van der Waals surface area contributed by atoms with Crippen LogP contribution < -0.4 is 4.74 Å². The monoisotopic (exact) mass is 393 g/mol. The van der Waals surface area contributed by atoms with Gasteiger partial charge >= 0.3 is 0 Å². The van der Waals surface area contributed by atoms with Gasteiger partial charge in [-0.15, -0.1) is 0 Å². The SMILES string of the molecule is COc1ccc(CN2C(=O)c3n[nH]c(CC(C)C)c3C2c2ccc(F)cc2)cc1. The van der Waals surface area contributed by atoms with Gasteiger partial charge in [-0.2, -0.15) is 5.10 Å². The summed E-state index contributed by atoms with van der Waals surface area (Å²) < 4.78 is 18.8. The average Bonchev–Trinajstić information content (AvgIpc) is 3.22. The van der Waals surface area contributed by atoms with Gasteiger partial charge in [0.25, 0.3) is 5.91 Å². The number of benzene rings is 2. The summed E-state index contributed by atoms with van der Waals surface area (Å²) in [4.78, 5) is 15.0. The largest absolute Gasteiger partial charge is 0.497 e. The molecule has 4 rings (SSSR count). The fraction of sp³-hybridized carbons (Fsp3) is 0.304. The second kappa shape index (κ2) is 7.70. The summed E-state index contributed by atoms with van der Waals surface area (Å²) in [7, 11) is 1.62. The van der Waals surface area contributed by atoms with Gasteiger partial charge in [0, 0.05) is 17.8 Å². The first-order valence-electron chi connectivity index (χ1n) is 9.74. The quantitative estimate of drug-likeness (QED) is 0.671. The Kier molecular flexibility index (Phi) is 5.09. The zero-order chi connectivity index (χ0) is 20.5.